The van der Waals surface area contributed by atoms with Gasteiger partial charge in [0.25, 0.3) is 0 Å². The molecule has 0 radical (unpaired) electrons. The van der Waals surface area contributed by atoms with Crippen LogP contribution < -0.4 is 10.6 Å². The van der Waals surface area contributed by atoms with Crippen LogP contribution in [0.2, 0.25) is 0 Å². The van der Waals surface area contributed by atoms with Gasteiger partial charge in [0.1, 0.15) is 5.82 Å². The highest BCUT2D eigenvalue weighted by Gasteiger charge is 2.24. The Morgan fingerprint density at radius 2 is 1.83 bits per heavy atom. The van der Waals surface area contributed by atoms with Crippen molar-refractivity contribution in [1.82, 2.24) is 15.5 Å². The van der Waals surface area contributed by atoms with Crippen LogP contribution in [-0.4, -0.2) is 48.5 Å². The molecule has 29 heavy (non-hydrogen) atoms. The van der Waals surface area contributed by atoms with Crippen LogP contribution in [-0.2, 0) is 20.9 Å². The molecular weight excluding hydrogens is 377 g/mol. The Labute approximate surface area is 171 Å². The maximum absolute atomic E-state index is 13.1. The standard InChI is InChI=1S/C21H30FN3O4/c1-3-29-20(27)14-25(12-16-8-10-17(22)11-9-16)13-19(26)24-21(28)23-18-7-5-4-6-15(18)2/h8-11,15,18H,3-7,12-14H2,1-2H3,(H2,23,24,26,28). The van der Waals surface area contributed by atoms with Crippen LogP contribution in [0.3, 0.4) is 0 Å². The number of hydrogen-bond donors (Lipinski definition) is 2. The summed E-state index contributed by atoms with van der Waals surface area (Å²) in [4.78, 5) is 37.9. The number of imide groups is 1. The number of ether oxygens (including phenoxy) is 1. The van der Waals surface area contributed by atoms with Crippen LogP contribution in [0.15, 0.2) is 24.3 Å². The summed E-state index contributed by atoms with van der Waals surface area (Å²) in [6.07, 6.45) is 4.19. The van der Waals surface area contributed by atoms with Gasteiger partial charge in [-0.3, -0.25) is 19.8 Å². The zero-order valence-electron chi connectivity index (χ0n) is 17.1. The molecule has 1 aromatic carbocycles. The summed E-state index contributed by atoms with van der Waals surface area (Å²) >= 11 is 0. The Balaban J connectivity index is 1.91. The number of nitrogens with one attached hydrogen (secondary N) is 2. The highest BCUT2D eigenvalue weighted by molar-refractivity contribution is 5.95. The fraction of sp³-hybridized carbons (Fsp3) is 0.571. The van der Waals surface area contributed by atoms with Gasteiger partial charge < -0.3 is 10.1 Å². The number of amides is 3. The maximum atomic E-state index is 13.1. The minimum absolute atomic E-state index is 0.0615. The molecule has 2 atom stereocenters. The fourth-order valence-corrected chi connectivity index (χ4v) is 3.51. The molecule has 0 bridgehead atoms. The van der Waals surface area contributed by atoms with Gasteiger partial charge in [-0.05, 0) is 43.4 Å². The number of hydrogen-bond acceptors (Lipinski definition) is 5. The Morgan fingerprint density at radius 1 is 1.14 bits per heavy atom. The minimum Gasteiger partial charge on any atom is -0.465 e. The third-order valence-corrected chi connectivity index (χ3v) is 5.03. The van der Waals surface area contributed by atoms with E-state index in [-0.39, 0.29) is 38.1 Å². The molecule has 1 aliphatic rings. The first kappa shape index (κ1) is 22.8. The first-order valence-electron chi connectivity index (χ1n) is 10.1. The molecule has 1 saturated carbocycles. The number of carbonyl (C=O) groups excluding carboxylic acids is 3. The van der Waals surface area contributed by atoms with E-state index in [0.29, 0.717) is 5.92 Å². The van der Waals surface area contributed by atoms with Crippen molar-refractivity contribution < 1.29 is 23.5 Å². The Hall–Kier alpha value is -2.48. The third kappa shape index (κ3) is 8.19. The lowest BCUT2D eigenvalue weighted by Crippen LogP contribution is -2.50. The monoisotopic (exact) mass is 407 g/mol. The van der Waals surface area contributed by atoms with Crippen molar-refractivity contribution >= 4 is 17.9 Å². The predicted molar refractivity (Wildman–Crippen MR) is 106 cm³/mol. The summed E-state index contributed by atoms with van der Waals surface area (Å²) in [5.74, 6) is -0.972. The van der Waals surface area contributed by atoms with Gasteiger partial charge in [0.15, 0.2) is 0 Å². The number of halogens is 1. The second-order valence-electron chi connectivity index (χ2n) is 7.47. The zero-order valence-corrected chi connectivity index (χ0v) is 17.1. The van der Waals surface area contributed by atoms with Crippen molar-refractivity contribution in [3.8, 4) is 0 Å². The minimum atomic E-state index is -0.522. The number of nitrogens with zero attached hydrogens (tertiary/aromatic N) is 1. The molecule has 2 rings (SSSR count). The molecule has 1 fully saturated rings. The molecule has 3 amide bonds. The van der Waals surface area contributed by atoms with Crippen LogP contribution in [0.4, 0.5) is 9.18 Å². The summed E-state index contributed by atoms with van der Waals surface area (Å²) in [5, 5.41) is 5.20. The molecular formula is C21H30FN3O4. The van der Waals surface area contributed by atoms with Crippen molar-refractivity contribution in [2.45, 2.75) is 52.1 Å². The molecule has 0 aliphatic heterocycles. The highest BCUT2D eigenvalue weighted by atomic mass is 19.1. The first-order chi connectivity index (χ1) is 13.9. The second kappa shape index (κ2) is 11.5. The summed E-state index contributed by atoms with van der Waals surface area (Å²) in [7, 11) is 0. The van der Waals surface area contributed by atoms with Crippen LogP contribution in [0, 0.1) is 11.7 Å². The molecule has 0 heterocycles. The summed E-state index contributed by atoms with van der Waals surface area (Å²) < 4.78 is 18.1. The van der Waals surface area contributed by atoms with Crippen molar-refractivity contribution in [2.75, 3.05) is 19.7 Å². The molecule has 0 aromatic heterocycles. The third-order valence-electron chi connectivity index (χ3n) is 5.03. The second-order valence-corrected chi connectivity index (χ2v) is 7.47. The molecule has 1 aliphatic carbocycles. The number of benzene rings is 1. The van der Waals surface area contributed by atoms with Gasteiger partial charge in [-0.1, -0.05) is 31.9 Å². The van der Waals surface area contributed by atoms with Gasteiger partial charge in [-0.15, -0.1) is 0 Å². The SMILES string of the molecule is CCOC(=O)CN(CC(=O)NC(=O)NC1CCCCC1C)Cc1ccc(F)cc1. The van der Waals surface area contributed by atoms with Gasteiger partial charge in [0, 0.05) is 12.6 Å². The fourth-order valence-electron chi connectivity index (χ4n) is 3.51. The molecule has 0 spiro atoms. The Morgan fingerprint density at radius 3 is 2.48 bits per heavy atom. The average Bonchev–Trinajstić information content (AvgIpc) is 2.65. The maximum Gasteiger partial charge on any atom is 0.321 e. The smallest absolute Gasteiger partial charge is 0.321 e. The van der Waals surface area contributed by atoms with Crippen LogP contribution in [0.5, 0.6) is 0 Å². The molecule has 0 saturated heterocycles. The van der Waals surface area contributed by atoms with Gasteiger partial charge in [-0.2, -0.15) is 0 Å². The van der Waals surface area contributed by atoms with Crippen LogP contribution in [0.1, 0.15) is 45.1 Å². The normalized spacial score (nSPS) is 18.9. The van der Waals surface area contributed by atoms with Crippen molar-refractivity contribution in [3.63, 3.8) is 0 Å². The van der Waals surface area contributed by atoms with Crippen molar-refractivity contribution in [3.05, 3.63) is 35.6 Å². The van der Waals surface area contributed by atoms with Gasteiger partial charge >= 0.3 is 12.0 Å². The summed E-state index contributed by atoms with van der Waals surface area (Å²) in [5.41, 5.74) is 0.740. The molecule has 2 N–H and O–H groups in total. The van der Waals surface area contributed by atoms with E-state index in [4.69, 9.17) is 4.74 Å². The number of esters is 1. The largest absolute Gasteiger partial charge is 0.465 e. The van der Waals surface area contributed by atoms with E-state index in [1.807, 2.05) is 0 Å². The lowest BCUT2D eigenvalue weighted by Gasteiger charge is -2.29. The summed E-state index contributed by atoms with van der Waals surface area (Å²) in [6.45, 7) is 4.00. The van der Waals surface area contributed by atoms with E-state index in [0.717, 1.165) is 31.2 Å². The van der Waals surface area contributed by atoms with Crippen molar-refractivity contribution in [2.24, 2.45) is 5.92 Å². The number of urea groups is 1. The van der Waals surface area contributed by atoms with E-state index in [1.54, 1.807) is 24.0 Å². The Bertz CT molecular complexity index is 696. The average molecular weight is 407 g/mol. The van der Waals surface area contributed by atoms with Gasteiger partial charge in [-0.25, -0.2) is 9.18 Å². The van der Waals surface area contributed by atoms with Crippen molar-refractivity contribution in [1.29, 1.82) is 0 Å². The van der Waals surface area contributed by atoms with E-state index in [9.17, 15) is 18.8 Å². The Kier molecular flexibility index (Phi) is 9.05. The zero-order chi connectivity index (χ0) is 21.2. The van der Waals surface area contributed by atoms with Crippen LogP contribution >= 0.6 is 0 Å². The quantitative estimate of drug-likeness (QED) is 0.647. The van der Waals surface area contributed by atoms with E-state index < -0.39 is 17.9 Å². The molecule has 8 heteroatoms. The molecule has 1 aromatic rings. The lowest BCUT2D eigenvalue weighted by molar-refractivity contribution is -0.144. The summed E-state index contributed by atoms with van der Waals surface area (Å²) in [6, 6.07) is 5.34. The van der Waals surface area contributed by atoms with Gasteiger partial charge in [0.05, 0.1) is 19.7 Å². The highest BCUT2D eigenvalue weighted by Crippen LogP contribution is 2.23. The predicted octanol–water partition coefficient (Wildman–Crippen LogP) is 2.60. The first-order valence-corrected chi connectivity index (χ1v) is 10.1. The topological polar surface area (TPSA) is 87.7 Å². The van der Waals surface area contributed by atoms with Crippen LogP contribution in [0.25, 0.3) is 0 Å². The molecule has 2 unspecified atom stereocenters. The lowest BCUT2D eigenvalue weighted by atomic mass is 9.86. The number of rotatable bonds is 8. The van der Waals surface area contributed by atoms with E-state index >= 15 is 0 Å². The van der Waals surface area contributed by atoms with Gasteiger partial charge in [0.2, 0.25) is 5.91 Å². The van der Waals surface area contributed by atoms with E-state index in [2.05, 4.69) is 17.6 Å². The molecule has 7 nitrogen and oxygen atoms in total. The van der Waals surface area contributed by atoms with E-state index in [1.165, 1.54) is 12.1 Å². The number of carbonyl (C=O) groups is 3. The molecule has 160 valence electrons.